The van der Waals surface area contributed by atoms with Crippen LogP contribution in [0.3, 0.4) is 0 Å². The minimum Gasteiger partial charge on any atom is -0.481 e. The van der Waals surface area contributed by atoms with Crippen LogP contribution in [-0.4, -0.2) is 66.2 Å². The van der Waals surface area contributed by atoms with Gasteiger partial charge in [0, 0.05) is 115 Å². The van der Waals surface area contributed by atoms with Crippen LogP contribution in [0, 0.1) is 0 Å². The maximum absolute atomic E-state index is 10.0. The van der Waals surface area contributed by atoms with Gasteiger partial charge in [0.05, 0.1) is 0 Å². The van der Waals surface area contributed by atoms with Gasteiger partial charge >= 0.3 is 23.9 Å². The Balaban J connectivity index is -0.0000000302. The normalized spacial score (nSPS) is 7.92. The first kappa shape index (κ1) is 87.4. The summed E-state index contributed by atoms with van der Waals surface area (Å²) in [5.74, 6) is -2.68. The zero-order valence-electron chi connectivity index (χ0n) is 30.2. The van der Waals surface area contributed by atoms with E-state index >= 15 is 0 Å². The molecule has 0 aromatic heterocycles. The van der Waals surface area contributed by atoms with Crippen molar-refractivity contribution >= 4 is 23.9 Å². The number of unbranched alkanes of at least 4 members (excludes halogenated alkanes) is 16. The van der Waals surface area contributed by atoms with Crippen LogP contribution >= 0.6 is 0 Å². The summed E-state index contributed by atoms with van der Waals surface area (Å²) in [5.41, 5.74) is 0. The predicted octanol–water partition coefficient (Wildman–Crippen LogP) is 6.41. The molecule has 0 aliphatic rings. The summed E-state index contributed by atoms with van der Waals surface area (Å²) in [6.45, 7) is 8.60. The molecule has 0 heterocycles. The summed E-state index contributed by atoms with van der Waals surface area (Å²) in [6, 6.07) is 0. The Morgan fingerprint density at radius 1 is 0.306 bits per heavy atom. The summed E-state index contributed by atoms with van der Waals surface area (Å²) >= 11 is 0. The fraction of sp³-hybridized carbons (Fsp3) is 0.875. The van der Waals surface area contributed by atoms with Gasteiger partial charge < -0.3 is 42.3 Å². The average Bonchev–Trinajstić information content (AvgIpc) is 2.89. The minimum absolute atomic E-state index is 0. The van der Waals surface area contributed by atoms with Gasteiger partial charge in [-0.3, -0.25) is 19.2 Å². The molecule has 312 valence electrons. The summed E-state index contributed by atoms with van der Waals surface area (Å²) in [4.78, 5) is 40.1. The fourth-order valence-electron chi connectivity index (χ4n) is 3.52. The van der Waals surface area contributed by atoms with E-state index in [1.54, 1.807) is 0 Å². The van der Waals surface area contributed by atoms with Crippen molar-refractivity contribution in [3.63, 3.8) is 0 Å². The largest absolute Gasteiger partial charge is 0.481 e. The first-order valence-electron chi connectivity index (χ1n) is 16.0. The SMILES string of the molecule is CCCCCCCC(=O)O.CCCCCCCC(=O)O.CCCCCCCC(=O)O.CCCCCCCC(=O)O.O.O.O.O.[Co].[Co].[Co].[Co].[Ti]. The number of carboxylic acids is 4. The Kier molecular flexibility index (Phi) is 146. The third-order valence-electron chi connectivity index (χ3n) is 5.98. The summed E-state index contributed by atoms with van der Waals surface area (Å²) < 4.78 is 0. The first-order valence-corrected chi connectivity index (χ1v) is 16.0. The van der Waals surface area contributed by atoms with Crippen LogP contribution in [0.15, 0.2) is 0 Å². The van der Waals surface area contributed by atoms with Crippen LogP contribution in [0.2, 0.25) is 0 Å². The number of carboxylic acid groups (broad SMARTS) is 4. The quantitative estimate of drug-likeness (QED) is 0.0618. The van der Waals surface area contributed by atoms with Crippen molar-refractivity contribution in [2.75, 3.05) is 0 Å². The molecule has 0 atom stereocenters. The zero-order chi connectivity index (χ0) is 31.3. The van der Waals surface area contributed by atoms with E-state index in [0.29, 0.717) is 25.7 Å². The number of hydrogen-bond acceptors (Lipinski definition) is 4. The van der Waals surface area contributed by atoms with Crippen LogP contribution in [0.25, 0.3) is 0 Å². The van der Waals surface area contributed by atoms with E-state index in [1.165, 1.54) is 77.0 Å². The van der Waals surface area contributed by atoms with E-state index < -0.39 is 23.9 Å². The van der Waals surface area contributed by atoms with Crippen molar-refractivity contribution in [1.82, 2.24) is 0 Å². The maximum Gasteiger partial charge on any atom is 0.303 e. The zero-order valence-corrected chi connectivity index (χ0v) is 36.0. The number of rotatable bonds is 24. The Morgan fingerprint density at radius 3 is 0.531 bits per heavy atom. The van der Waals surface area contributed by atoms with Gasteiger partial charge in [0.1, 0.15) is 0 Å². The second kappa shape index (κ2) is 82.1. The van der Waals surface area contributed by atoms with Crippen molar-refractivity contribution in [2.45, 2.75) is 182 Å². The second-order valence-corrected chi connectivity index (χ2v) is 10.2. The van der Waals surface area contributed by atoms with E-state index in [0.717, 1.165) is 51.4 Å². The molecule has 0 aromatic carbocycles. The molecule has 0 rings (SSSR count). The molecule has 0 aromatic rings. The van der Waals surface area contributed by atoms with Gasteiger partial charge in [0.15, 0.2) is 0 Å². The standard InChI is InChI=1S/4C8H16O2.4Co.4H2O.Ti/c4*1-2-3-4-5-6-7-8(9)10;;;;;;;;;/h4*2-7H2,1H3,(H,9,10);;;;;4*1H2;. The monoisotopic (exact) mass is 932 g/mol. The molecule has 0 fully saturated rings. The molecule has 49 heavy (non-hydrogen) atoms. The van der Waals surface area contributed by atoms with Crippen LogP contribution in [0.5, 0.6) is 0 Å². The Bertz CT molecular complexity index is 488. The van der Waals surface area contributed by atoms with Gasteiger partial charge in [-0.25, -0.2) is 0 Å². The second-order valence-electron chi connectivity index (χ2n) is 10.2. The van der Waals surface area contributed by atoms with Gasteiger partial charge in [-0.1, -0.05) is 130 Å². The van der Waals surface area contributed by atoms with Gasteiger partial charge in [-0.15, -0.1) is 0 Å². The number of hydrogen-bond donors (Lipinski definition) is 4. The maximum atomic E-state index is 10.0. The molecular formula is C32H72Co4O12Ti. The molecule has 0 bridgehead atoms. The molecular weight excluding hydrogens is 860 g/mol. The van der Waals surface area contributed by atoms with E-state index in [2.05, 4.69) is 27.7 Å². The van der Waals surface area contributed by atoms with E-state index in [9.17, 15) is 19.2 Å². The summed E-state index contributed by atoms with van der Waals surface area (Å²) in [5, 5.41) is 33.1. The number of aliphatic carboxylic acids is 4. The molecule has 0 amide bonds. The van der Waals surface area contributed by atoms with E-state index in [1.807, 2.05) is 0 Å². The van der Waals surface area contributed by atoms with Gasteiger partial charge in [0.25, 0.3) is 0 Å². The Hall–Kier alpha value is 0.460. The minimum atomic E-state index is -0.670. The molecule has 0 unspecified atom stereocenters. The van der Waals surface area contributed by atoms with Crippen molar-refractivity contribution in [1.29, 1.82) is 0 Å². The molecule has 0 aliphatic heterocycles. The van der Waals surface area contributed by atoms with Gasteiger partial charge in [-0.2, -0.15) is 0 Å². The number of carbonyl (C=O) groups is 4. The van der Waals surface area contributed by atoms with E-state index in [-0.39, 0.29) is 111 Å². The van der Waals surface area contributed by atoms with Crippen LogP contribution < -0.4 is 0 Å². The van der Waals surface area contributed by atoms with Crippen LogP contribution in [0.4, 0.5) is 0 Å². The van der Waals surface area contributed by atoms with Crippen molar-refractivity contribution in [3.05, 3.63) is 0 Å². The molecule has 17 heteroatoms. The van der Waals surface area contributed by atoms with Crippen LogP contribution in [-0.2, 0) is 108 Å². The van der Waals surface area contributed by atoms with Crippen molar-refractivity contribution in [3.8, 4) is 0 Å². The summed E-state index contributed by atoms with van der Waals surface area (Å²) in [6.07, 6.45) is 23.5. The van der Waals surface area contributed by atoms with Crippen molar-refractivity contribution in [2.24, 2.45) is 0 Å². The smallest absolute Gasteiger partial charge is 0.303 e. The average molecular weight is 933 g/mol. The third-order valence-corrected chi connectivity index (χ3v) is 5.98. The van der Waals surface area contributed by atoms with Crippen molar-refractivity contribution < 1.29 is 150 Å². The Labute approximate surface area is 353 Å². The predicted molar refractivity (Wildman–Crippen MR) is 179 cm³/mol. The molecule has 0 aliphatic carbocycles. The molecule has 0 saturated carbocycles. The first-order chi connectivity index (χ1) is 19.1. The molecule has 0 saturated heterocycles. The molecule has 12 nitrogen and oxygen atoms in total. The Morgan fingerprint density at radius 2 is 0.429 bits per heavy atom. The topological polar surface area (TPSA) is 275 Å². The van der Waals surface area contributed by atoms with E-state index in [4.69, 9.17) is 20.4 Å². The fourth-order valence-corrected chi connectivity index (χ4v) is 3.52. The summed E-state index contributed by atoms with van der Waals surface area (Å²) in [7, 11) is 0. The third kappa shape index (κ3) is 129. The van der Waals surface area contributed by atoms with Gasteiger partial charge in [0.2, 0.25) is 0 Å². The van der Waals surface area contributed by atoms with Crippen LogP contribution in [0.1, 0.15) is 182 Å². The molecule has 12 N–H and O–H groups in total. The molecule has 0 spiro atoms. The molecule has 4 radical (unpaired) electrons. The van der Waals surface area contributed by atoms with Gasteiger partial charge in [-0.05, 0) is 25.7 Å².